The highest BCUT2D eigenvalue weighted by atomic mass is 16.2. The van der Waals surface area contributed by atoms with Gasteiger partial charge in [0.1, 0.15) is 0 Å². The minimum Gasteiger partial charge on any atom is -0.256 e. The Labute approximate surface area is 153 Å². The fraction of sp³-hybridized carbons (Fsp3) is 0.522. The van der Waals surface area contributed by atoms with Crippen LogP contribution in [0.2, 0.25) is 0 Å². The number of nitrogens with zero attached hydrogens (tertiary/aromatic N) is 1. The van der Waals surface area contributed by atoms with Crippen molar-refractivity contribution in [2.75, 3.05) is 19.6 Å². The Morgan fingerprint density at radius 3 is 1.80 bits per heavy atom. The number of fused-ring (bicyclic) bond motifs is 1. The van der Waals surface area contributed by atoms with Crippen LogP contribution < -0.4 is 0 Å². The molecule has 0 saturated heterocycles. The number of hydrogen-bond donors (Lipinski definition) is 0. The predicted molar refractivity (Wildman–Crippen MR) is 108 cm³/mol. The Bertz CT molecular complexity index is 655. The summed E-state index contributed by atoms with van der Waals surface area (Å²) in [5.41, 5.74) is 0.877. The van der Waals surface area contributed by atoms with Crippen molar-refractivity contribution >= 4 is 16.7 Å². The van der Waals surface area contributed by atoms with Gasteiger partial charge in [0, 0.05) is 0 Å². The molecule has 0 heterocycles. The number of amides is 1. The van der Waals surface area contributed by atoms with Crippen molar-refractivity contribution in [3.63, 3.8) is 0 Å². The molecule has 0 aliphatic heterocycles. The third kappa shape index (κ3) is 4.92. The number of hydrogen-bond acceptors (Lipinski definition) is 1. The number of unbranched alkanes of at least 4 members (excludes halogenated alkanes) is 3. The van der Waals surface area contributed by atoms with E-state index < -0.39 is 0 Å². The minimum atomic E-state index is 0.320. The van der Waals surface area contributed by atoms with Crippen molar-refractivity contribution in [1.29, 1.82) is 0 Å². The van der Waals surface area contributed by atoms with Gasteiger partial charge in [0.2, 0.25) is 0 Å². The molecule has 0 aromatic heterocycles. The Hall–Kier alpha value is -1.67. The van der Waals surface area contributed by atoms with Crippen LogP contribution in [0.5, 0.6) is 0 Å². The first-order chi connectivity index (χ1) is 12.2. The predicted octanol–water partition coefficient (Wildman–Crippen LogP) is 6.20. The molecule has 0 unspecified atom stereocenters. The van der Waals surface area contributed by atoms with Gasteiger partial charge >= 0.3 is 5.91 Å². The minimum absolute atomic E-state index is 0.320. The first kappa shape index (κ1) is 19.7. The summed E-state index contributed by atoms with van der Waals surface area (Å²) in [5, 5.41) is 2.36. The van der Waals surface area contributed by atoms with Gasteiger partial charge in [0.15, 0.2) is 0 Å². The molecule has 2 rings (SSSR count). The number of rotatable bonds is 10. The first-order valence-corrected chi connectivity index (χ1v) is 10.1. The summed E-state index contributed by atoms with van der Waals surface area (Å²) < 4.78 is 0.633. The van der Waals surface area contributed by atoms with E-state index in [1.807, 2.05) is 18.2 Å². The van der Waals surface area contributed by atoms with Crippen molar-refractivity contribution < 1.29 is 9.28 Å². The Balaban J connectivity index is 2.38. The first-order valence-electron chi connectivity index (χ1n) is 10.1. The summed E-state index contributed by atoms with van der Waals surface area (Å²) in [7, 11) is 0. The highest BCUT2D eigenvalue weighted by Crippen LogP contribution is 2.23. The van der Waals surface area contributed by atoms with E-state index in [4.69, 9.17) is 0 Å². The zero-order valence-corrected chi connectivity index (χ0v) is 16.3. The van der Waals surface area contributed by atoms with Crippen LogP contribution in [-0.2, 0) is 0 Å². The van der Waals surface area contributed by atoms with Gasteiger partial charge < -0.3 is 0 Å². The molecule has 2 aromatic rings. The molecule has 0 aliphatic carbocycles. The van der Waals surface area contributed by atoms with Crippen LogP contribution in [0.15, 0.2) is 42.5 Å². The third-order valence-electron chi connectivity index (χ3n) is 5.25. The van der Waals surface area contributed by atoms with E-state index in [-0.39, 0.29) is 0 Å². The number of carbonyl (C=O) groups excluding carboxylic acids is 1. The largest absolute Gasteiger partial charge is 0.345 e. The molecule has 0 N–H and O–H groups in total. The van der Waals surface area contributed by atoms with E-state index in [0.717, 1.165) is 69.1 Å². The summed E-state index contributed by atoms with van der Waals surface area (Å²) >= 11 is 0. The standard InChI is InChI=1S/C23H34NO/c1-4-7-16-24(17-8-5-2,18-9-6-3)23(25)22-15-14-20-12-10-11-13-21(20)19-22/h10-15,19H,4-9,16-18H2,1-3H3/q+1. The number of benzene rings is 2. The average molecular weight is 341 g/mol. The fourth-order valence-electron chi connectivity index (χ4n) is 3.62. The lowest BCUT2D eigenvalue weighted by molar-refractivity contribution is -0.850. The number of quaternary nitrogens is 1. The van der Waals surface area contributed by atoms with E-state index in [9.17, 15) is 4.79 Å². The van der Waals surface area contributed by atoms with Gasteiger partial charge in [-0.2, -0.15) is 0 Å². The highest BCUT2D eigenvalue weighted by molar-refractivity contribution is 5.95. The fourth-order valence-corrected chi connectivity index (χ4v) is 3.62. The van der Waals surface area contributed by atoms with Gasteiger partial charge in [-0.05, 0) is 42.2 Å². The van der Waals surface area contributed by atoms with Crippen LogP contribution in [-0.4, -0.2) is 30.0 Å². The second-order valence-corrected chi connectivity index (χ2v) is 7.24. The van der Waals surface area contributed by atoms with Gasteiger partial charge in [-0.25, -0.2) is 4.79 Å². The third-order valence-corrected chi connectivity index (χ3v) is 5.25. The molecule has 136 valence electrons. The average Bonchev–Trinajstić information content (AvgIpc) is 2.67. The van der Waals surface area contributed by atoms with Crippen LogP contribution in [0.1, 0.15) is 69.7 Å². The molecule has 0 bridgehead atoms. The zero-order valence-electron chi connectivity index (χ0n) is 16.3. The molecule has 0 atom stereocenters. The molecule has 25 heavy (non-hydrogen) atoms. The Kier molecular flexibility index (Phi) is 7.64. The van der Waals surface area contributed by atoms with Crippen LogP contribution in [0.25, 0.3) is 10.8 Å². The van der Waals surface area contributed by atoms with Crippen molar-refractivity contribution in [3.8, 4) is 0 Å². The molecule has 0 aliphatic rings. The molecule has 0 radical (unpaired) electrons. The summed E-state index contributed by atoms with van der Waals surface area (Å²) in [6.07, 6.45) is 6.78. The molecular weight excluding hydrogens is 306 g/mol. The summed E-state index contributed by atoms with van der Waals surface area (Å²) in [5.74, 6) is 0.320. The van der Waals surface area contributed by atoms with Gasteiger partial charge in [-0.3, -0.25) is 4.48 Å². The van der Waals surface area contributed by atoms with E-state index in [1.165, 1.54) is 5.39 Å². The van der Waals surface area contributed by atoms with Gasteiger partial charge in [0.05, 0.1) is 25.2 Å². The van der Waals surface area contributed by atoms with E-state index in [0.29, 0.717) is 10.4 Å². The van der Waals surface area contributed by atoms with Crippen LogP contribution >= 0.6 is 0 Å². The van der Waals surface area contributed by atoms with E-state index in [1.54, 1.807) is 0 Å². The van der Waals surface area contributed by atoms with Crippen LogP contribution in [0, 0.1) is 0 Å². The normalized spacial score (nSPS) is 11.8. The Morgan fingerprint density at radius 1 is 0.760 bits per heavy atom. The molecule has 2 aromatic carbocycles. The molecule has 1 amide bonds. The summed E-state index contributed by atoms with van der Waals surface area (Å²) in [6, 6.07) is 14.5. The molecule has 0 spiro atoms. The van der Waals surface area contributed by atoms with Crippen molar-refractivity contribution in [2.45, 2.75) is 59.3 Å². The lowest BCUT2D eigenvalue weighted by atomic mass is 10.0. The molecular formula is C23H34NO+. The second kappa shape index (κ2) is 9.72. The second-order valence-electron chi connectivity index (χ2n) is 7.24. The van der Waals surface area contributed by atoms with Crippen molar-refractivity contribution in [1.82, 2.24) is 0 Å². The van der Waals surface area contributed by atoms with Crippen molar-refractivity contribution in [2.24, 2.45) is 0 Å². The zero-order chi connectivity index (χ0) is 18.1. The maximum absolute atomic E-state index is 13.6. The molecule has 0 fully saturated rings. The monoisotopic (exact) mass is 340 g/mol. The summed E-state index contributed by atoms with van der Waals surface area (Å²) in [6.45, 7) is 9.57. The Morgan fingerprint density at radius 2 is 1.28 bits per heavy atom. The molecule has 2 nitrogen and oxygen atoms in total. The van der Waals surface area contributed by atoms with E-state index >= 15 is 0 Å². The smallest absolute Gasteiger partial charge is 0.256 e. The maximum Gasteiger partial charge on any atom is 0.345 e. The van der Waals surface area contributed by atoms with Crippen LogP contribution in [0.4, 0.5) is 0 Å². The lowest BCUT2D eigenvalue weighted by Crippen LogP contribution is -2.54. The van der Waals surface area contributed by atoms with E-state index in [2.05, 4.69) is 45.0 Å². The topological polar surface area (TPSA) is 17.1 Å². The van der Waals surface area contributed by atoms with Gasteiger partial charge in [-0.15, -0.1) is 0 Å². The van der Waals surface area contributed by atoms with Crippen molar-refractivity contribution in [3.05, 3.63) is 48.0 Å². The summed E-state index contributed by atoms with van der Waals surface area (Å²) in [4.78, 5) is 13.6. The maximum atomic E-state index is 13.6. The number of carbonyl (C=O) groups is 1. The van der Waals surface area contributed by atoms with Crippen LogP contribution in [0.3, 0.4) is 0 Å². The molecule has 0 saturated carbocycles. The highest BCUT2D eigenvalue weighted by Gasteiger charge is 2.35. The molecule has 2 heteroatoms. The van der Waals surface area contributed by atoms with Gasteiger partial charge in [-0.1, -0.05) is 70.4 Å². The quantitative estimate of drug-likeness (QED) is 0.471. The lowest BCUT2D eigenvalue weighted by Gasteiger charge is -2.36. The van der Waals surface area contributed by atoms with Gasteiger partial charge in [0.25, 0.3) is 0 Å². The SMILES string of the molecule is CCCC[N+](CCCC)(CCCC)C(=O)c1ccc2ccccc2c1.